The van der Waals surface area contributed by atoms with Crippen LogP contribution in [-0.2, 0) is 4.74 Å². The molecule has 1 aromatic rings. The van der Waals surface area contributed by atoms with E-state index in [-0.39, 0.29) is 17.8 Å². The van der Waals surface area contributed by atoms with Gasteiger partial charge in [-0.1, -0.05) is 0 Å². The van der Waals surface area contributed by atoms with Gasteiger partial charge in [-0.3, -0.25) is 0 Å². The first-order valence-electron chi connectivity index (χ1n) is 4.99. The molecule has 1 aliphatic heterocycles. The number of hydrogen-bond acceptors (Lipinski definition) is 4. The van der Waals surface area contributed by atoms with Crippen molar-refractivity contribution in [3.05, 3.63) is 17.7 Å². The Morgan fingerprint density at radius 1 is 1.50 bits per heavy atom. The molecule has 4 nitrogen and oxygen atoms in total. The lowest BCUT2D eigenvalue weighted by Crippen LogP contribution is -2.18. The lowest BCUT2D eigenvalue weighted by molar-refractivity contribution is 0.134. The van der Waals surface area contributed by atoms with Gasteiger partial charge in [0.1, 0.15) is 6.10 Å². The summed E-state index contributed by atoms with van der Waals surface area (Å²) in [6.45, 7) is 1.000. The molecule has 2 heterocycles. The first kappa shape index (κ1) is 11.1. The largest absolute Gasteiger partial charge is 0.470 e. The fourth-order valence-electron chi connectivity index (χ4n) is 1.47. The second-order valence-corrected chi connectivity index (χ2v) is 3.46. The number of aromatic nitrogens is 1. The number of pyridine rings is 1. The summed E-state index contributed by atoms with van der Waals surface area (Å²) in [5.41, 5.74) is 0. The van der Waals surface area contributed by atoms with Crippen LogP contribution in [0.5, 0.6) is 5.88 Å². The monoisotopic (exact) mass is 230 g/mol. The predicted molar refractivity (Wildman–Crippen MR) is 53.6 cm³/mol. The average Bonchev–Trinajstić information content (AvgIpc) is 2.75. The third-order valence-electron chi connectivity index (χ3n) is 2.30. The Balaban J connectivity index is 2.18. The summed E-state index contributed by atoms with van der Waals surface area (Å²) in [6, 6.07) is 0.754. The normalized spacial score (nSPS) is 19.8. The van der Waals surface area contributed by atoms with Gasteiger partial charge in [-0.25, -0.2) is 8.78 Å². The highest BCUT2D eigenvalue weighted by Gasteiger charge is 2.21. The highest BCUT2D eigenvalue weighted by molar-refractivity contribution is 5.38. The van der Waals surface area contributed by atoms with E-state index >= 15 is 0 Å². The van der Waals surface area contributed by atoms with Gasteiger partial charge in [-0.05, 0) is 0 Å². The lowest BCUT2D eigenvalue weighted by Gasteiger charge is -2.12. The molecule has 0 aromatic carbocycles. The highest BCUT2D eigenvalue weighted by atomic mass is 19.1. The van der Waals surface area contributed by atoms with E-state index in [0.717, 1.165) is 6.07 Å². The number of nitrogens with one attached hydrogen (secondary N) is 1. The Labute approximate surface area is 91.6 Å². The lowest BCUT2D eigenvalue weighted by atomic mass is 10.3. The van der Waals surface area contributed by atoms with Crippen molar-refractivity contribution in [2.75, 3.05) is 25.6 Å². The van der Waals surface area contributed by atoms with Crippen molar-refractivity contribution >= 4 is 5.82 Å². The van der Waals surface area contributed by atoms with Crippen LogP contribution < -0.4 is 10.1 Å². The first-order chi connectivity index (χ1) is 7.70. The van der Waals surface area contributed by atoms with E-state index in [1.807, 2.05) is 0 Å². The van der Waals surface area contributed by atoms with Crippen molar-refractivity contribution < 1.29 is 18.3 Å². The number of nitrogens with zero attached hydrogens (tertiary/aromatic N) is 1. The SMILES string of the molecule is CNc1nc(OC2CCOC2)c(F)cc1F. The minimum atomic E-state index is -0.802. The van der Waals surface area contributed by atoms with Gasteiger partial charge in [0.25, 0.3) is 5.88 Å². The standard InChI is InChI=1S/C10H12F2N2O2/c1-13-9-7(11)4-8(12)10(14-9)16-6-2-3-15-5-6/h4,6H,2-3,5H2,1H3,(H,13,14). The van der Waals surface area contributed by atoms with Gasteiger partial charge in [0.15, 0.2) is 17.5 Å². The van der Waals surface area contributed by atoms with Crippen molar-refractivity contribution in [2.45, 2.75) is 12.5 Å². The number of hydrogen-bond donors (Lipinski definition) is 1. The van der Waals surface area contributed by atoms with Gasteiger partial charge in [0, 0.05) is 19.5 Å². The summed E-state index contributed by atoms with van der Waals surface area (Å²) in [6.07, 6.45) is 0.477. The van der Waals surface area contributed by atoms with E-state index in [2.05, 4.69) is 10.3 Å². The Hall–Kier alpha value is -1.43. The molecule has 1 aliphatic rings. The van der Waals surface area contributed by atoms with Crippen LogP contribution in [0.1, 0.15) is 6.42 Å². The molecule has 0 saturated carbocycles. The molecular formula is C10H12F2N2O2. The fraction of sp³-hybridized carbons (Fsp3) is 0.500. The smallest absolute Gasteiger partial charge is 0.252 e. The van der Waals surface area contributed by atoms with Crippen LogP contribution in [0.3, 0.4) is 0 Å². The summed E-state index contributed by atoms with van der Waals surface area (Å²) in [5, 5.41) is 2.52. The summed E-state index contributed by atoms with van der Waals surface area (Å²) < 4.78 is 36.8. The molecule has 1 fully saturated rings. The van der Waals surface area contributed by atoms with Crippen molar-refractivity contribution in [1.82, 2.24) is 4.98 Å². The zero-order chi connectivity index (χ0) is 11.5. The van der Waals surface area contributed by atoms with E-state index in [1.54, 1.807) is 0 Å². The molecule has 88 valence electrons. The summed E-state index contributed by atoms with van der Waals surface area (Å²) in [5.74, 6) is -1.77. The third kappa shape index (κ3) is 2.21. The molecule has 0 amide bonds. The Kier molecular flexibility index (Phi) is 3.19. The van der Waals surface area contributed by atoms with Crippen LogP contribution >= 0.6 is 0 Å². The topological polar surface area (TPSA) is 43.4 Å². The summed E-state index contributed by atoms with van der Waals surface area (Å²) >= 11 is 0. The maximum atomic E-state index is 13.3. The van der Waals surface area contributed by atoms with E-state index in [9.17, 15) is 8.78 Å². The van der Waals surface area contributed by atoms with Crippen LogP contribution in [0.2, 0.25) is 0 Å². The fourth-order valence-corrected chi connectivity index (χ4v) is 1.47. The van der Waals surface area contributed by atoms with Gasteiger partial charge < -0.3 is 14.8 Å². The summed E-state index contributed by atoms with van der Waals surface area (Å²) in [7, 11) is 1.51. The molecule has 2 rings (SSSR count). The van der Waals surface area contributed by atoms with Gasteiger partial charge in [0.2, 0.25) is 0 Å². The molecule has 1 unspecified atom stereocenters. The van der Waals surface area contributed by atoms with E-state index in [0.29, 0.717) is 19.6 Å². The predicted octanol–water partition coefficient (Wildman–Crippen LogP) is 1.57. The third-order valence-corrected chi connectivity index (χ3v) is 2.30. The first-order valence-corrected chi connectivity index (χ1v) is 4.99. The molecule has 0 radical (unpaired) electrons. The minimum Gasteiger partial charge on any atom is -0.470 e. The number of halogens is 2. The minimum absolute atomic E-state index is 0.0321. The quantitative estimate of drug-likeness (QED) is 0.856. The second-order valence-electron chi connectivity index (χ2n) is 3.46. The maximum Gasteiger partial charge on any atom is 0.252 e. The Morgan fingerprint density at radius 3 is 2.94 bits per heavy atom. The Bertz CT molecular complexity index is 381. The maximum absolute atomic E-state index is 13.3. The van der Waals surface area contributed by atoms with Crippen molar-refractivity contribution in [2.24, 2.45) is 0 Å². The second kappa shape index (κ2) is 4.61. The van der Waals surface area contributed by atoms with Crippen LogP contribution in [0.25, 0.3) is 0 Å². The molecule has 0 spiro atoms. The van der Waals surface area contributed by atoms with Gasteiger partial charge in [-0.2, -0.15) is 4.98 Å². The molecular weight excluding hydrogens is 218 g/mol. The van der Waals surface area contributed by atoms with Gasteiger partial charge in [0.05, 0.1) is 13.2 Å². The van der Waals surface area contributed by atoms with Crippen molar-refractivity contribution in [1.29, 1.82) is 0 Å². The van der Waals surface area contributed by atoms with Crippen molar-refractivity contribution in [3.63, 3.8) is 0 Å². The van der Waals surface area contributed by atoms with E-state index < -0.39 is 11.6 Å². The van der Waals surface area contributed by atoms with E-state index in [4.69, 9.17) is 9.47 Å². The van der Waals surface area contributed by atoms with Crippen LogP contribution in [0.15, 0.2) is 6.07 Å². The molecule has 6 heteroatoms. The molecule has 1 N–H and O–H groups in total. The van der Waals surface area contributed by atoms with E-state index in [1.165, 1.54) is 7.05 Å². The van der Waals surface area contributed by atoms with Crippen LogP contribution in [0.4, 0.5) is 14.6 Å². The molecule has 1 saturated heterocycles. The Morgan fingerprint density at radius 2 is 2.31 bits per heavy atom. The molecule has 0 aliphatic carbocycles. The molecule has 1 aromatic heterocycles. The summed E-state index contributed by atoms with van der Waals surface area (Å²) in [4.78, 5) is 3.71. The van der Waals surface area contributed by atoms with Crippen molar-refractivity contribution in [3.8, 4) is 5.88 Å². The van der Waals surface area contributed by atoms with Crippen LogP contribution in [-0.4, -0.2) is 31.3 Å². The average molecular weight is 230 g/mol. The number of anilines is 1. The van der Waals surface area contributed by atoms with Gasteiger partial charge in [-0.15, -0.1) is 0 Å². The molecule has 16 heavy (non-hydrogen) atoms. The number of ether oxygens (including phenoxy) is 2. The zero-order valence-corrected chi connectivity index (χ0v) is 8.80. The van der Waals surface area contributed by atoms with Gasteiger partial charge >= 0.3 is 0 Å². The number of rotatable bonds is 3. The molecule has 0 bridgehead atoms. The molecule has 1 atom stereocenters. The van der Waals surface area contributed by atoms with Crippen LogP contribution in [0, 0.1) is 11.6 Å². The zero-order valence-electron chi connectivity index (χ0n) is 8.80. The highest BCUT2D eigenvalue weighted by Crippen LogP contribution is 2.22.